The van der Waals surface area contributed by atoms with E-state index in [0.29, 0.717) is 11.3 Å². The van der Waals surface area contributed by atoms with E-state index in [9.17, 15) is 0 Å². The molecule has 1 spiro atoms. The lowest BCUT2D eigenvalue weighted by molar-refractivity contribution is 0.0959. The maximum absolute atomic E-state index is 5.57. The van der Waals surface area contributed by atoms with Crippen LogP contribution in [0.1, 0.15) is 24.3 Å². The van der Waals surface area contributed by atoms with Crippen molar-refractivity contribution in [2.75, 3.05) is 46.4 Å². The highest BCUT2D eigenvalue weighted by Gasteiger charge is 2.50. The molecule has 1 saturated carbocycles. The van der Waals surface area contributed by atoms with Crippen molar-refractivity contribution < 1.29 is 4.74 Å². The SMILES string of the molecule is COC[C@@H]1CN(CC2CC2)C[C@@]12CCN(Cc1nccs1)C2. The molecule has 1 aromatic heterocycles. The van der Waals surface area contributed by atoms with E-state index in [4.69, 9.17) is 4.74 Å². The number of methoxy groups -OCH3 is 1. The topological polar surface area (TPSA) is 28.6 Å². The van der Waals surface area contributed by atoms with Gasteiger partial charge in [-0.2, -0.15) is 0 Å². The maximum Gasteiger partial charge on any atom is 0.107 e. The van der Waals surface area contributed by atoms with Crippen LogP contribution >= 0.6 is 11.3 Å². The molecule has 22 heavy (non-hydrogen) atoms. The fourth-order valence-electron chi connectivity index (χ4n) is 4.48. The predicted octanol–water partition coefficient (Wildman–Crippen LogP) is 2.32. The Balaban J connectivity index is 1.41. The monoisotopic (exact) mass is 321 g/mol. The van der Waals surface area contributed by atoms with Crippen molar-refractivity contribution in [2.45, 2.75) is 25.8 Å². The summed E-state index contributed by atoms with van der Waals surface area (Å²) in [6, 6.07) is 0. The molecule has 0 unspecified atom stereocenters. The van der Waals surface area contributed by atoms with Gasteiger partial charge in [-0.15, -0.1) is 11.3 Å². The molecule has 0 amide bonds. The lowest BCUT2D eigenvalue weighted by Gasteiger charge is -2.30. The van der Waals surface area contributed by atoms with Gasteiger partial charge in [0.15, 0.2) is 0 Å². The summed E-state index contributed by atoms with van der Waals surface area (Å²) >= 11 is 1.78. The molecular weight excluding hydrogens is 294 g/mol. The van der Waals surface area contributed by atoms with Crippen molar-refractivity contribution in [1.82, 2.24) is 14.8 Å². The van der Waals surface area contributed by atoms with Gasteiger partial charge in [0.2, 0.25) is 0 Å². The molecule has 3 heterocycles. The van der Waals surface area contributed by atoms with Crippen LogP contribution in [0.25, 0.3) is 0 Å². The molecule has 5 heteroatoms. The largest absolute Gasteiger partial charge is 0.384 e. The van der Waals surface area contributed by atoms with E-state index in [1.807, 2.05) is 13.3 Å². The molecule has 122 valence electrons. The third-order valence-electron chi connectivity index (χ3n) is 5.77. The fraction of sp³-hybridized carbons (Fsp3) is 0.824. The van der Waals surface area contributed by atoms with Gasteiger partial charge in [-0.1, -0.05) is 0 Å². The quantitative estimate of drug-likeness (QED) is 0.804. The Morgan fingerprint density at radius 3 is 2.95 bits per heavy atom. The zero-order chi connectivity index (χ0) is 15.0. The zero-order valence-electron chi connectivity index (χ0n) is 13.5. The normalized spacial score (nSPS) is 33.2. The summed E-state index contributed by atoms with van der Waals surface area (Å²) in [7, 11) is 1.86. The van der Waals surface area contributed by atoms with Gasteiger partial charge in [-0.05, 0) is 31.7 Å². The molecule has 0 bridgehead atoms. The first kappa shape index (κ1) is 15.1. The molecule has 4 nitrogen and oxygen atoms in total. The van der Waals surface area contributed by atoms with Gasteiger partial charge in [0, 0.05) is 56.2 Å². The number of likely N-dealkylation sites (tertiary alicyclic amines) is 2. The highest BCUT2D eigenvalue weighted by molar-refractivity contribution is 7.09. The Hall–Kier alpha value is -0.490. The van der Waals surface area contributed by atoms with E-state index in [-0.39, 0.29) is 0 Å². The number of ether oxygens (including phenoxy) is 1. The number of nitrogens with zero attached hydrogens (tertiary/aromatic N) is 3. The zero-order valence-corrected chi connectivity index (χ0v) is 14.4. The van der Waals surface area contributed by atoms with E-state index in [2.05, 4.69) is 20.2 Å². The van der Waals surface area contributed by atoms with E-state index >= 15 is 0 Å². The summed E-state index contributed by atoms with van der Waals surface area (Å²) in [4.78, 5) is 9.80. The predicted molar refractivity (Wildman–Crippen MR) is 89.0 cm³/mol. The third kappa shape index (κ3) is 3.09. The number of rotatable bonds is 6. The molecule has 0 radical (unpaired) electrons. The lowest BCUT2D eigenvalue weighted by atomic mass is 9.78. The van der Waals surface area contributed by atoms with Crippen LogP contribution in [0.15, 0.2) is 11.6 Å². The molecule has 2 atom stereocenters. The summed E-state index contributed by atoms with van der Waals surface area (Å²) in [5.74, 6) is 1.70. The summed E-state index contributed by atoms with van der Waals surface area (Å²) < 4.78 is 5.57. The Bertz CT molecular complexity index is 490. The summed E-state index contributed by atoms with van der Waals surface area (Å²) in [6.45, 7) is 8.25. The second-order valence-corrected chi connectivity index (χ2v) is 8.52. The number of thiazole rings is 1. The van der Waals surface area contributed by atoms with Crippen molar-refractivity contribution in [3.8, 4) is 0 Å². The standard InChI is InChI=1S/C17H27N3OS/c1-21-11-15-9-20(8-14-2-3-14)13-17(15)4-6-19(12-17)10-16-18-5-7-22-16/h5,7,14-15H,2-4,6,8-13H2,1H3/t15-,17-/m0/s1. The first-order valence-electron chi connectivity index (χ1n) is 8.59. The molecule has 4 rings (SSSR count). The van der Waals surface area contributed by atoms with Crippen LogP contribution in [0.5, 0.6) is 0 Å². The van der Waals surface area contributed by atoms with E-state index in [0.717, 1.165) is 19.1 Å². The Morgan fingerprint density at radius 2 is 2.23 bits per heavy atom. The van der Waals surface area contributed by atoms with Crippen LogP contribution in [0.3, 0.4) is 0 Å². The first-order valence-corrected chi connectivity index (χ1v) is 9.47. The fourth-order valence-corrected chi connectivity index (χ4v) is 5.14. The second kappa shape index (κ2) is 6.19. The van der Waals surface area contributed by atoms with Crippen molar-refractivity contribution in [3.63, 3.8) is 0 Å². The van der Waals surface area contributed by atoms with Gasteiger partial charge in [0.1, 0.15) is 5.01 Å². The molecule has 2 saturated heterocycles. The smallest absolute Gasteiger partial charge is 0.107 e. The first-order chi connectivity index (χ1) is 10.8. The second-order valence-electron chi connectivity index (χ2n) is 7.54. The van der Waals surface area contributed by atoms with Gasteiger partial charge in [0.05, 0.1) is 13.2 Å². The minimum absolute atomic E-state index is 0.460. The third-order valence-corrected chi connectivity index (χ3v) is 6.54. The van der Waals surface area contributed by atoms with Crippen LogP contribution in [-0.4, -0.2) is 61.2 Å². The lowest BCUT2D eigenvalue weighted by Crippen LogP contribution is -2.36. The molecular formula is C17H27N3OS. The molecule has 0 aromatic carbocycles. The Labute approximate surface area is 137 Å². The summed E-state index contributed by atoms with van der Waals surface area (Å²) in [5, 5.41) is 3.34. The average Bonchev–Trinajstić information content (AvgIpc) is 2.90. The van der Waals surface area contributed by atoms with Crippen LogP contribution in [0.2, 0.25) is 0 Å². The van der Waals surface area contributed by atoms with Gasteiger partial charge in [0.25, 0.3) is 0 Å². The van der Waals surface area contributed by atoms with Gasteiger partial charge in [-0.25, -0.2) is 4.98 Å². The molecule has 1 aliphatic carbocycles. The van der Waals surface area contributed by atoms with Crippen LogP contribution < -0.4 is 0 Å². The van der Waals surface area contributed by atoms with E-state index in [1.54, 1.807) is 11.3 Å². The highest BCUT2D eigenvalue weighted by Crippen LogP contribution is 2.45. The number of hydrogen-bond acceptors (Lipinski definition) is 5. The minimum atomic E-state index is 0.460. The summed E-state index contributed by atoms with van der Waals surface area (Å²) in [5.41, 5.74) is 0.460. The molecule has 2 aliphatic heterocycles. The minimum Gasteiger partial charge on any atom is -0.384 e. The van der Waals surface area contributed by atoms with Crippen molar-refractivity contribution in [2.24, 2.45) is 17.3 Å². The van der Waals surface area contributed by atoms with Crippen LogP contribution in [0, 0.1) is 17.3 Å². The van der Waals surface area contributed by atoms with Gasteiger partial charge >= 0.3 is 0 Å². The van der Waals surface area contributed by atoms with Crippen molar-refractivity contribution >= 4 is 11.3 Å². The van der Waals surface area contributed by atoms with Gasteiger partial charge in [-0.3, -0.25) is 4.90 Å². The van der Waals surface area contributed by atoms with Crippen molar-refractivity contribution in [3.05, 3.63) is 16.6 Å². The molecule has 1 aromatic rings. The van der Waals surface area contributed by atoms with E-state index < -0.39 is 0 Å². The Morgan fingerprint density at radius 1 is 1.36 bits per heavy atom. The van der Waals surface area contributed by atoms with Crippen LogP contribution in [0.4, 0.5) is 0 Å². The molecule has 3 fully saturated rings. The average molecular weight is 321 g/mol. The molecule has 0 N–H and O–H groups in total. The number of hydrogen-bond donors (Lipinski definition) is 0. The number of aromatic nitrogens is 1. The highest BCUT2D eigenvalue weighted by atomic mass is 32.1. The summed E-state index contributed by atoms with van der Waals surface area (Å²) in [6.07, 6.45) is 6.16. The van der Waals surface area contributed by atoms with Gasteiger partial charge < -0.3 is 9.64 Å². The Kier molecular flexibility index (Phi) is 4.24. The maximum atomic E-state index is 5.57. The van der Waals surface area contributed by atoms with Crippen LogP contribution in [-0.2, 0) is 11.3 Å². The van der Waals surface area contributed by atoms with E-state index in [1.165, 1.54) is 57.0 Å². The molecule has 3 aliphatic rings. The van der Waals surface area contributed by atoms with Crippen molar-refractivity contribution in [1.29, 1.82) is 0 Å².